The third-order valence-electron chi connectivity index (χ3n) is 3.55. The molecule has 0 aliphatic heterocycles. The first-order valence-electron chi connectivity index (χ1n) is 6.46. The van der Waals surface area contributed by atoms with Gasteiger partial charge in [0, 0.05) is 6.04 Å². The van der Waals surface area contributed by atoms with Crippen LogP contribution in [0.2, 0.25) is 5.02 Å². The van der Waals surface area contributed by atoms with E-state index >= 15 is 0 Å². The Morgan fingerprint density at radius 1 is 1.35 bits per heavy atom. The smallest absolute Gasteiger partial charge is 0.306 e. The number of amides is 1. The van der Waals surface area contributed by atoms with Gasteiger partial charge < -0.3 is 10.4 Å². The van der Waals surface area contributed by atoms with Gasteiger partial charge in [-0.05, 0) is 31.4 Å². The average Bonchev–Trinajstić information content (AvgIpc) is 2.42. The normalized spacial score (nSPS) is 22.3. The van der Waals surface area contributed by atoms with Gasteiger partial charge in [0.1, 0.15) is 0 Å². The first-order chi connectivity index (χ1) is 9.49. The van der Waals surface area contributed by atoms with Crippen LogP contribution >= 0.6 is 11.6 Å². The summed E-state index contributed by atoms with van der Waals surface area (Å²) in [5.74, 6) is -2.60. The third kappa shape index (κ3) is 3.28. The Balaban J connectivity index is 2.04. The monoisotopic (exact) mass is 299 g/mol. The Bertz CT molecular complexity index is 535. The minimum absolute atomic E-state index is 0.107. The molecule has 1 aromatic carbocycles. The lowest BCUT2D eigenvalue weighted by molar-refractivity contribution is -0.143. The third-order valence-corrected chi connectivity index (χ3v) is 3.85. The average molecular weight is 300 g/mol. The van der Waals surface area contributed by atoms with E-state index in [4.69, 9.17) is 16.7 Å². The van der Waals surface area contributed by atoms with E-state index in [0.717, 1.165) is 6.42 Å². The lowest BCUT2D eigenvalue weighted by Crippen LogP contribution is -2.40. The Hall–Kier alpha value is -1.62. The molecule has 0 bridgehead atoms. The molecule has 108 valence electrons. The van der Waals surface area contributed by atoms with Crippen LogP contribution in [-0.4, -0.2) is 23.0 Å². The second-order valence-electron chi connectivity index (χ2n) is 4.97. The largest absolute Gasteiger partial charge is 0.481 e. The molecule has 6 heteroatoms. The summed E-state index contributed by atoms with van der Waals surface area (Å²) in [6.07, 6.45) is 2.44. The van der Waals surface area contributed by atoms with Crippen LogP contribution < -0.4 is 5.32 Å². The number of hydrogen-bond donors (Lipinski definition) is 2. The number of hydrogen-bond acceptors (Lipinski definition) is 2. The summed E-state index contributed by atoms with van der Waals surface area (Å²) < 4.78 is 13.7. The van der Waals surface area contributed by atoms with E-state index < -0.39 is 23.6 Å². The maximum Gasteiger partial charge on any atom is 0.306 e. The lowest BCUT2D eigenvalue weighted by atomic mass is 9.85. The van der Waals surface area contributed by atoms with E-state index in [1.807, 2.05) is 0 Å². The van der Waals surface area contributed by atoms with E-state index in [1.165, 1.54) is 18.2 Å². The standard InChI is InChI=1S/C14H15ClFNO3/c15-11-6-2-5-10(12(11)16)13(18)17-9-4-1-3-8(7-9)14(19)20/h2,5-6,8-9H,1,3-4,7H2,(H,17,18)(H,19,20). The molecule has 4 nitrogen and oxygen atoms in total. The zero-order chi connectivity index (χ0) is 14.7. The number of halogens is 2. The van der Waals surface area contributed by atoms with Gasteiger partial charge in [0.05, 0.1) is 16.5 Å². The topological polar surface area (TPSA) is 66.4 Å². The molecule has 0 radical (unpaired) electrons. The van der Waals surface area contributed by atoms with Crippen molar-refractivity contribution in [3.8, 4) is 0 Å². The lowest BCUT2D eigenvalue weighted by Gasteiger charge is -2.27. The fraction of sp³-hybridized carbons (Fsp3) is 0.429. The zero-order valence-corrected chi connectivity index (χ0v) is 11.5. The van der Waals surface area contributed by atoms with Crippen LogP contribution in [0.3, 0.4) is 0 Å². The molecule has 1 saturated carbocycles. The van der Waals surface area contributed by atoms with Crippen LogP contribution in [0.15, 0.2) is 18.2 Å². The SMILES string of the molecule is O=C(NC1CCCC(C(=O)O)C1)c1cccc(Cl)c1F. The van der Waals surface area contributed by atoms with E-state index in [9.17, 15) is 14.0 Å². The molecule has 2 unspecified atom stereocenters. The van der Waals surface area contributed by atoms with Gasteiger partial charge in [-0.3, -0.25) is 9.59 Å². The molecule has 2 rings (SSSR count). The molecule has 0 heterocycles. The van der Waals surface area contributed by atoms with Crippen molar-refractivity contribution in [3.63, 3.8) is 0 Å². The van der Waals surface area contributed by atoms with Crippen molar-refractivity contribution in [1.82, 2.24) is 5.32 Å². The van der Waals surface area contributed by atoms with Crippen molar-refractivity contribution in [2.24, 2.45) is 5.92 Å². The zero-order valence-electron chi connectivity index (χ0n) is 10.7. The number of nitrogens with one attached hydrogen (secondary N) is 1. The fourth-order valence-electron chi connectivity index (χ4n) is 2.49. The summed E-state index contributed by atoms with van der Waals surface area (Å²) in [5.41, 5.74) is -0.116. The molecule has 0 aromatic heterocycles. The molecule has 0 saturated heterocycles. The van der Waals surface area contributed by atoms with E-state index in [2.05, 4.69) is 5.32 Å². The number of benzene rings is 1. The Morgan fingerprint density at radius 2 is 2.10 bits per heavy atom. The van der Waals surface area contributed by atoms with E-state index in [0.29, 0.717) is 19.3 Å². The molecular weight excluding hydrogens is 285 g/mol. The summed E-state index contributed by atoms with van der Waals surface area (Å²) in [6.45, 7) is 0. The van der Waals surface area contributed by atoms with Crippen LogP contribution in [-0.2, 0) is 4.79 Å². The summed E-state index contributed by atoms with van der Waals surface area (Å²) >= 11 is 5.63. The number of carbonyl (C=O) groups excluding carboxylic acids is 1. The second-order valence-corrected chi connectivity index (χ2v) is 5.38. The molecule has 20 heavy (non-hydrogen) atoms. The molecule has 0 spiro atoms. The highest BCUT2D eigenvalue weighted by Gasteiger charge is 2.28. The molecule has 1 aromatic rings. The Labute approximate surface area is 120 Å². The fourth-order valence-corrected chi connectivity index (χ4v) is 2.66. The minimum Gasteiger partial charge on any atom is -0.481 e. The van der Waals surface area contributed by atoms with Gasteiger partial charge in [0.2, 0.25) is 0 Å². The number of rotatable bonds is 3. The minimum atomic E-state index is -0.849. The van der Waals surface area contributed by atoms with Crippen LogP contribution in [0.5, 0.6) is 0 Å². The van der Waals surface area contributed by atoms with Crippen molar-refractivity contribution in [2.75, 3.05) is 0 Å². The number of carboxylic acids is 1. The maximum absolute atomic E-state index is 13.7. The van der Waals surface area contributed by atoms with Gasteiger partial charge in [0.25, 0.3) is 5.91 Å². The first-order valence-corrected chi connectivity index (χ1v) is 6.84. The summed E-state index contributed by atoms with van der Waals surface area (Å²) in [4.78, 5) is 23.0. The van der Waals surface area contributed by atoms with E-state index in [1.54, 1.807) is 0 Å². The van der Waals surface area contributed by atoms with Gasteiger partial charge in [0.15, 0.2) is 5.82 Å². The Morgan fingerprint density at radius 3 is 2.80 bits per heavy atom. The van der Waals surface area contributed by atoms with Gasteiger partial charge in [-0.25, -0.2) is 4.39 Å². The number of carbonyl (C=O) groups is 2. The van der Waals surface area contributed by atoms with Crippen LogP contribution in [0, 0.1) is 11.7 Å². The molecule has 2 N–H and O–H groups in total. The predicted molar refractivity (Wildman–Crippen MR) is 72.3 cm³/mol. The summed E-state index contributed by atoms with van der Waals surface area (Å²) in [5, 5.41) is 11.6. The highest BCUT2D eigenvalue weighted by molar-refractivity contribution is 6.31. The Kier molecular flexibility index (Phi) is 4.60. The molecule has 1 aliphatic carbocycles. The molecular formula is C14H15ClFNO3. The van der Waals surface area contributed by atoms with Crippen molar-refractivity contribution in [1.29, 1.82) is 0 Å². The molecule has 1 aliphatic rings. The second kappa shape index (κ2) is 6.22. The van der Waals surface area contributed by atoms with Gasteiger partial charge in [-0.1, -0.05) is 24.1 Å². The molecule has 2 atom stereocenters. The number of carboxylic acid groups (broad SMARTS) is 1. The van der Waals surface area contributed by atoms with Crippen LogP contribution in [0.4, 0.5) is 4.39 Å². The number of aliphatic carboxylic acids is 1. The van der Waals surface area contributed by atoms with Crippen LogP contribution in [0.1, 0.15) is 36.0 Å². The predicted octanol–water partition coefficient (Wildman–Crippen LogP) is 2.85. The molecule has 1 fully saturated rings. The quantitative estimate of drug-likeness (QED) is 0.902. The molecule has 1 amide bonds. The summed E-state index contributed by atoms with van der Waals surface area (Å²) in [7, 11) is 0. The van der Waals surface area contributed by atoms with E-state index in [-0.39, 0.29) is 16.6 Å². The van der Waals surface area contributed by atoms with Crippen molar-refractivity contribution >= 4 is 23.5 Å². The summed E-state index contributed by atoms with van der Waals surface area (Å²) in [6, 6.07) is 3.99. The van der Waals surface area contributed by atoms with Crippen molar-refractivity contribution in [3.05, 3.63) is 34.6 Å². The van der Waals surface area contributed by atoms with Crippen molar-refractivity contribution < 1.29 is 19.1 Å². The van der Waals surface area contributed by atoms with Crippen molar-refractivity contribution in [2.45, 2.75) is 31.7 Å². The van der Waals surface area contributed by atoms with Crippen LogP contribution in [0.25, 0.3) is 0 Å². The van der Waals surface area contributed by atoms with Gasteiger partial charge in [-0.2, -0.15) is 0 Å². The highest BCUT2D eigenvalue weighted by Crippen LogP contribution is 2.25. The first kappa shape index (κ1) is 14.8. The van der Waals surface area contributed by atoms with Gasteiger partial charge >= 0.3 is 5.97 Å². The van der Waals surface area contributed by atoms with Gasteiger partial charge in [-0.15, -0.1) is 0 Å². The maximum atomic E-state index is 13.7. The highest BCUT2D eigenvalue weighted by atomic mass is 35.5.